The summed E-state index contributed by atoms with van der Waals surface area (Å²) < 4.78 is 0. The molecule has 0 saturated carbocycles. The minimum absolute atomic E-state index is 0.175. The Hall–Kier alpha value is -2.83. The molecule has 0 unspecified atom stereocenters. The first-order chi connectivity index (χ1) is 9.16. The molecule has 0 fully saturated rings. The molecule has 0 aliphatic carbocycles. The van der Waals surface area contributed by atoms with Crippen LogP contribution in [0.2, 0.25) is 0 Å². The quantitative estimate of drug-likeness (QED) is 0.752. The molecule has 0 bridgehead atoms. The van der Waals surface area contributed by atoms with Crippen molar-refractivity contribution in [3.63, 3.8) is 0 Å². The second-order valence-electron chi connectivity index (χ2n) is 3.61. The molecular formula is C12H11N5O2. The van der Waals surface area contributed by atoms with Crippen LogP contribution in [0, 0.1) is 6.92 Å². The van der Waals surface area contributed by atoms with E-state index in [1.807, 2.05) is 0 Å². The Morgan fingerprint density at radius 3 is 2.32 bits per heavy atom. The van der Waals surface area contributed by atoms with Gasteiger partial charge in [-0.05, 0) is 25.1 Å². The van der Waals surface area contributed by atoms with Crippen LogP contribution >= 0.6 is 0 Å². The van der Waals surface area contributed by atoms with Gasteiger partial charge >= 0.3 is 0 Å². The third-order valence-corrected chi connectivity index (χ3v) is 2.20. The Morgan fingerprint density at radius 2 is 1.68 bits per heavy atom. The van der Waals surface area contributed by atoms with Gasteiger partial charge in [-0.1, -0.05) is 6.07 Å². The molecule has 2 amide bonds. The van der Waals surface area contributed by atoms with E-state index < -0.39 is 11.8 Å². The van der Waals surface area contributed by atoms with Crippen molar-refractivity contribution >= 4 is 11.8 Å². The molecule has 0 spiro atoms. The van der Waals surface area contributed by atoms with Gasteiger partial charge in [-0.25, -0.2) is 9.97 Å². The Morgan fingerprint density at radius 1 is 0.947 bits per heavy atom. The number of pyridine rings is 1. The van der Waals surface area contributed by atoms with E-state index in [-0.39, 0.29) is 11.4 Å². The van der Waals surface area contributed by atoms with Crippen molar-refractivity contribution in [2.24, 2.45) is 0 Å². The Bertz CT molecular complexity index is 600. The highest BCUT2D eigenvalue weighted by atomic mass is 16.2. The fraction of sp³-hybridized carbons (Fsp3) is 0.0833. The van der Waals surface area contributed by atoms with Crippen LogP contribution in [0.4, 0.5) is 0 Å². The third kappa shape index (κ3) is 3.32. The highest BCUT2D eigenvalue weighted by Crippen LogP contribution is 1.95. The van der Waals surface area contributed by atoms with Gasteiger partial charge in [0.25, 0.3) is 11.8 Å². The van der Waals surface area contributed by atoms with Crippen LogP contribution in [0.25, 0.3) is 0 Å². The SMILES string of the molecule is Cc1nccc(C(=O)NNC(=O)c2ccccn2)n1. The number of aryl methyl sites for hydroxylation is 1. The zero-order valence-corrected chi connectivity index (χ0v) is 10.1. The lowest BCUT2D eigenvalue weighted by atomic mass is 10.3. The van der Waals surface area contributed by atoms with Crippen LogP contribution in [0.5, 0.6) is 0 Å². The summed E-state index contributed by atoms with van der Waals surface area (Å²) in [5.74, 6) is -0.543. The van der Waals surface area contributed by atoms with Gasteiger partial charge in [0.05, 0.1) is 0 Å². The van der Waals surface area contributed by atoms with Gasteiger partial charge in [0.15, 0.2) is 0 Å². The van der Waals surface area contributed by atoms with Crippen LogP contribution < -0.4 is 10.9 Å². The molecule has 2 aromatic rings. The summed E-state index contributed by atoms with van der Waals surface area (Å²) in [6.07, 6.45) is 2.96. The monoisotopic (exact) mass is 257 g/mol. The molecule has 0 aromatic carbocycles. The number of aromatic nitrogens is 3. The van der Waals surface area contributed by atoms with E-state index in [0.29, 0.717) is 5.82 Å². The topological polar surface area (TPSA) is 96.9 Å². The van der Waals surface area contributed by atoms with Gasteiger partial charge in [-0.2, -0.15) is 0 Å². The largest absolute Gasteiger partial charge is 0.288 e. The summed E-state index contributed by atoms with van der Waals surface area (Å²) in [6.45, 7) is 1.67. The number of hydrogen-bond acceptors (Lipinski definition) is 5. The van der Waals surface area contributed by atoms with Crippen LogP contribution in [0.3, 0.4) is 0 Å². The average Bonchev–Trinajstić information content (AvgIpc) is 2.45. The van der Waals surface area contributed by atoms with Crippen LogP contribution in [-0.2, 0) is 0 Å². The van der Waals surface area contributed by atoms with E-state index in [1.54, 1.807) is 19.1 Å². The Kier molecular flexibility index (Phi) is 3.77. The zero-order valence-electron chi connectivity index (χ0n) is 10.1. The number of carbonyl (C=O) groups excluding carboxylic acids is 2. The lowest BCUT2D eigenvalue weighted by Gasteiger charge is -2.06. The summed E-state index contributed by atoms with van der Waals surface area (Å²) in [5, 5.41) is 0. The van der Waals surface area contributed by atoms with Gasteiger partial charge < -0.3 is 0 Å². The second-order valence-corrected chi connectivity index (χ2v) is 3.61. The first-order valence-electron chi connectivity index (χ1n) is 5.48. The normalized spacial score (nSPS) is 9.74. The van der Waals surface area contributed by atoms with Crippen molar-refractivity contribution in [1.82, 2.24) is 25.8 Å². The number of carbonyl (C=O) groups is 2. The van der Waals surface area contributed by atoms with Gasteiger partial charge in [-0.15, -0.1) is 0 Å². The van der Waals surface area contributed by atoms with Gasteiger partial charge in [0, 0.05) is 12.4 Å². The predicted molar refractivity (Wildman–Crippen MR) is 65.9 cm³/mol. The number of rotatable bonds is 2. The van der Waals surface area contributed by atoms with Crippen LogP contribution in [0.1, 0.15) is 26.8 Å². The maximum atomic E-state index is 11.7. The molecule has 0 aliphatic rings. The number of amides is 2. The van der Waals surface area contributed by atoms with E-state index in [1.165, 1.54) is 24.5 Å². The molecule has 2 heterocycles. The molecule has 7 heteroatoms. The average molecular weight is 257 g/mol. The van der Waals surface area contributed by atoms with Crippen molar-refractivity contribution in [1.29, 1.82) is 0 Å². The molecule has 19 heavy (non-hydrogen) atoms. The highest BCUT2D eigenvalue weighted by Gasteiger charge is 2.10. The number of hydrazine groups is 1. The standard InChI is InChI=1S/C12H11N5O2/c1-8-13-7-5-10(15-8)12(19)17-16-11(18)9-4-2-3-6-14-9/h2-7H,1H3,(H,16,18)(H,17,19). The minimum atomic E-state index is -0.519. The lowest BCUT2D eigenvalue weighted by Crippen LogP contribution is -2.42. The Labute approximate surface area is 109 Å². The fourth-order valence-electron chi connectivity index (χ4n) is 1.32. The summed E-state index contributed by atoms with van der Waals surface area (Å²) in [4.78, 5) is 35.0. The predicted octanol–water partition coefficient (Wildman–Crippen LogP) is 0.255. The van der Waals surface area contributed by atoms with E-state index >= 15 is 0 Å². The van der Waals surface area contributed by atoms with Crippen molar-refractivity contribution < 1.29 is 9.59 Å². The molecule has 0 saturated heterocycles. The fourth-order valence-corrected chi connectivity index (χ4v) is 1.32. The van der Waals surface area contributed by atoms with Gasteiger partial charge in [0.2, 0.25) is 0 Å². The maximum absolute atomic E-state index is 11.7. The number of nitrogens with one attached hydrogen (secondary N) is 2. The Balaban J connectivity index is 1.96. The van der Waals surface area contributed by atoms with Crippen LogP contribution in [-0.4, -0.2) is 26.8 Å². The highest BCUT2D eigenvalue weighted by molar-refractivity contribution is 5.97. The molecule has 2 aromatic heterocycles. The summed E-state index contributed by atoms with van der Waals surface area (Å²) >= 11 is 0. The van der Waals surface area contributed by atoms with Crippen molar-refractivity contribution in [2.45, 2.75) is 6.92 Å². The molecule has 96 valence electrons. The summed E-state index contributed by atoms with van der Waals surface area (Å²) in [5.41, 5.74) is 4.90. The van der Waals surface area contributed by atoms with Crippen molar-refractivity contribution in [2.75, 3.05) is 0 Å². The minimum Gasteiger partial charge on any atom is -0.266 e. The number of nitrogens with zero attached hydrogens (tertiary/aromatic N) is 3. The van der Waals surface area contributed by atoms with Crippen LogP contribution in [0.15, 0.2) is 36.7 Å². The molecule has 0 atom stereocenters. The molecule has 2 rings (SSSR count). The smallest absolute Gasteiger partial charge is 0.266 e. The molecule has 0 radical (unpaired) electrons. The van der Waals surface area contributed by atoms with E-state index in [9.17, 15) is 9.59 Å². The van der Waals surface area contributed by atoms with E-state index in [2.05, 4.69) is 25.8 Å². The molecule has 7 nitrogen and oxygen atoms in total. The second kappa shape index (κ2) is 5.67. The van der Waals surface area contributed by atoms with Crippen molar-refractivity contribution in [3.05, 3.63) is 53.9 Å². The number of hydrogen-bond donors (Lipinski definition) is 2. The van der Waals surface area contributed by atoms with E-state index in [0.717, 1.165) is 0 Å². The van der Waals surface area contributed by atoms with Gasteiger partial charge in [0.1, 0.15) is 17.2 Å². The van der Waals surface area contributed by atoms with E-state index in [4.69, 9.17) is 0 Å². The summed E-state index contributed by atoms with van der Waals surface area (Å²) in [7, 11) is 0. The molecular weight excluding hydrogens is 246 g/mol. The molecule has 0 aliphatic heterocycles. The summed E-state index contributed by atoms with van der Waals surface area (Å²) in [6, 6.07) is 6.36. The van der Waals surface area contributed by atoms with Gasteiger partial charge in [-0.3, -0.25) is 25.4 Å². The lowest BCUT2D eigenvalue weighted by molar-refractivity contribution is 0.0841. The molecule has 2 N–H and O–H groups in total. The zero-order chi connectivity index (χ0) is 13.7. The first-order valence-corrected chi connectivity index (χ1v) is 5.48. The first kappa shape index (κ1) is 12.6. The van der Waals surface area contributed by atoms with Crippen molar-refractivity contribution in [3.8, 4) is 0 Å². The third-order valence-electron chi connectivity index (χ3n) is 2.20. The maximum Gasteiger partial charge on any atom is 0.288 e.